The summed E-state index contributed by atoms with van der Waals surface area (Å²) in [6, 6.07) is 0. The summed E-state index contributed by atoms with van der Waals surface area (Å²) >= 11 is 0. The van der Waals surface area contributed by atoms with E-state index in [1.165, 1.54) is 0 Å². The first-order valence-corrected chi connectivity index (χ1v) is 6.51. The molecular formula is C14H28O. The van der Waals surface area contributed by atoms with Crippen LogP contribution < -0.4 is 0 Å². The topological polar surface area (TPSA) is 9.23 Å². The Kier molecular flexibility index (Phi) is 4.22. The van der Waals surface area contributed by atoms with E-state index in [-0.39, 0.29) is 0 Å². The van der Waals surface area contributed by atoms with Crippen molar-refractivity contribution >= 4 is 0 Å². The molecule has 0 aromatic carbocycles. The lowest BCUT2D eigenvalue weighted by Gasteiger charge is -2.47. The summed E-state index contributed by atoms with van der Waals surface area (Å²) < 4.78 is 6.30. The molecule has 0 spiro atoms. The minimum Gasteiger partial charge on any atom is -0.374 e. The Morgan fingerprint density at radius 3 is 1.27 bits per heavy atom. The van der Waals surface area contributed by atoms with Crippen LogP contribution in [0.2, 0.25) is 0 Å². The Morgan fingerprint density at radius 1 is 0.667 bits per heavy atom. The monoisotopic (exact) mass is 212 g/mol. The van der Waals surface area contributed by atoms with Gasteiger partial charge in [-0.1, -0.05) is 48.5 Å². The summed E-state index contributed by atoms with van der Waals surface area (Å²) in [6.45, 7) is 16.2. The van der Waals surface area contributed by atoms with E-state index in [1.807, 2.05) is 0 Å². The van der Waals surface area contributed by atoms with E-state index in [9.17, 15) is 0 Å². The third-order valence-electron chi connectivity index (χ3n) is 4.32. The van der Waals surface area contributed by atoms with E-state index in [0.29, 0.717) is 35.9 Å². The molecule has 1 aliphatic heterocycles. The van der Waals surface area contributed by atoms with Crippen molar-refractivity contribution in [1.82, 2.24) is 0 Å². The van der Waals surface area contributed by atoms with Crippen molar-refractivity contribution in [3.05, 3.63) is 0 Å². The van der Waals surface area contributed by atoms with Gasteiger partial charge in [-0.15, -0.1) is 0 Å². The fourth-order valence-electron chi connectivity index (χ4n) is 3.04. The Balaban J connectivity index is 2.80. The number of hydrogen-bond acceptors (Lipinski definition) is 1. The predicted octanol–water partition coefficient (Wildman–Crippen LogP) is 3.97. The molecule has 0 aromatic heterocycles. The second-order valence-corrected chi connectivity index (χ2v) is 6.13. The van der Waals surface area contributed by atoms with Gasteiger partial charge in [0, 0.05) is 0 Å². The van der Waals surface area contributed by atoms with Crippen molar-refractivity contribution in [2.45, 2.75) is 60.7 Å². The molecule has 4 atom stereocenters. The fraction of sp³-hybridized carbons (Fsp3) is 1.00. The van der Waals surface area contributed by atoms with E-state index in [1.54, 1.807) is 0 Å². The van der Waals surface area contributed by atoms with Gasteiger partial charge in [0.25, 0.3) is 0 Å². The molecule has 0 radical (unpaired) electrons. The highest BCUT2D eigenvalue weighted by atomic mass is 16.5. The van der Waals surface area contributed by atoms with Crippen LogP contribution in [0.25, 0.3) is 0 Å². The molecule has 0 aliphatic carbocycles. The van der Waals surface area contributed by atoms with Gasteiger partial charge in [0.15, 0.2) is 0 Å². The Hall–Kier alpha value is -0.0400. The van der Waals surface area contributed by atoms with Gasteiger partial charge in [-0.25, -0.2) is 0 Å². The SMILES string of the molecule is CC(C)C1OC(C(C)C)C(C)C(C)C1C. The molecule has 1 nitrogen and oxygen atoms in total. The maximum absolute atomic E-state index is 6.30. The van der Waals surface area contributed by atoms with Crippen LogP contribution in [0, 0.1) is 29.6 Å². The van der Waals surface area contributed by atoms with Gasteiger partial charge in [0.1, 0.15) is 0 Å². The summed E-state index contributed by atoms with van der Waals surface area (Å²) in [5, 5.41) is 0. The van der Waals surface area contributed by atoms with Crippen LogP contribution in [0.3, 0.4) is 0 Å². The molecule has 1 fully saturated rings. The van der Waals surface area contributed by atoms with Crippen LogP contribution in [0.5, 0.6) is 0 Å². The Morgan fingerprint density at radius 2 is 1.00 bits per heavy atom. The molecule has 1 heteroatoms. The molecule has 4 unspecified atom stereocenters. The first kappa shape index (κ1) is 13.0. The van der Waals surface area contributed by atoms with Crippen LogP contribution in [-0.2, 0) is 4.74 Å². The van der Waals surface area contributed by atoms with Gasteiger partial charge >= 0.3 is 0 Å². The number of hydrogen-bond donors (Lipinski definition) is 0. The maximum atomic E-state index is 6.30. The highest BCUT2D eigenvalue weighted by Gasteiger charge is 2.40. The molecule has 0 aromatic rings. The zero-order valence-corrected chi connectivity index (χ0v) is 11.4. The standard InChI is InChI=1S/C14H28O/c1-8(2)13-11(6)10(5)12(7)14(15-13)9(3)4/h8-14H,1-7H3. The molecule has 0 N–H and O–H groups in total. The zero-order valence-electron chi connectivity index (χ0n) is 11.4. The van der Waals surface area contributed by atoms with Crippen LogP contribution in [0.1, 0.15) is 48.5 Å². The van der Waals surface area contributed by atoms with Crippen LogP contribution in [0.4, 0.5) is 0 Å². The molecule has 1 aliphatic rings. The van der Waals surface area contributed by atoms with Crippen molar-refractivity contribution in [3.63, 3.8) is 0 Å². The van der Waals surface area contributed by atoms with E-state index < -0.39 is 0 Å². The normalized spacial score (nSPS) is 42.6. The zero-order chi connectivity index (χ0) is 11.7. The van der Waals surface area contributed by atoms with Gasteiger partial charge in [-0.3, -0.25) is 0 Å². The Labute approximate surface area is 95.6 Å². The smallest absolute Gasteiger partial charge is 0.0630 e. The molecule has 90 valence electrons. The van der Waals surface area contributed by atoms with Crippen molar-refractivity contribution in [2.24, 2.45) is 29.6 Å². The van der Waals surface area contributed by atoms with Crippen molar-refractivity contribution < 1.29 is 4.74 Å². The fourth-order valence-corrected chi connectivity index (χ4v) is 3.04. The van der Waals surface area contributed by atoms with Gasteiger partial charge in [0.2, 0.25) is 0 Å². The first-order valence-electron chi connectivity index (χ1n) is 6.51. The largest absolute Gasteiger partial charge is 0.374 e. The average molecular weight is 212 g/mol. The van der Waals surface area contributed by atoms with Crippen LogP contribution in [0.15, 0.2) is 0 Å². The summed E-state index contributed by atoms with van der Waals surface area (Å²) in [5.41, 5.74) is 0. The van der Waals surface area contributed by atoms with Crippen molar-refractivity contribution in [3.8, 4) is 0 Å². The molecule has 0 bridgehead atoms. The third kappa shape index (κ3) is 2.55. The van der Waals surface area contributed by atoms with E-state index in [4.69, 9.17) is 4.74 Å². The van der Waals surface area contributed by atoms with Crippen molar-refractivity contribution in [2.75, 3.05) is 0 Å². The molecular weight excluding hydrogens is 184 g/mol. The predicted molar refractivity (Wildman–Crippen MR) is 65.8 cm³/mol. The highest BCUT2D eigenvalue weighted by Crippen LogP contribution is 2.39. The average Bonchev–Trinajstić information content (AvgIpc) is 2.13. The summed E-state index contributed by atoms with van der Waals surface area (Å²) in [7, 11) is 0. The molecule has 1 heterocycles. The lowest BCUT2D eigenvalue weighted by atomic mass is 9.72. The van der Waals surface area contributed by atoms with Crippen molar-refractivity contribution in [1.29, 1.82) is 0 Å². The van der Waals surface area contributed by atoms with Gasteiger partial charge < -0.3 is 4.74 Å². The lowest BCUT2D eigenvalue weighted by Crippen LogP contribution is -2.48. The quantitative estimate of drug-likeness (QED) is 0.673. The van der Waals surface area contributed by atoms with E-state index in [0.717, 1.165) is 5.92 Å². The lowest BCUT2D eigenvalue weighted by molar-refractivity contribution is -0.164. The summed E-state index contributed by atoms with van der Waals surface area (Å²) in [5.74, 6) is 3.43. The van der Waals surface area contributed by atoms with Gasteiger partial charge in [-0.2, -0.15) is 0 Å². The molecule has 0 amide bonds. The maximum Gasteiger partial charge on any atom is 0.0630 e. The highest BCUT2D eigenvalue weighted by molar-refractivity contribution is 4.88. The first-order chi connectivity index (χ1) is 6.86. The number of ether oxygens (including phenoxy) is 1. The third-order valence-corrected chi connectivity index (χ3v) is 4.32. The summed E-state index contributed by atoms with van der Waals surface area (Å²) in [4.78, 5) is 0. The molecule has 15 heavy (non-hydrogen) atoms. The summed E-state index contributed by atoms with van der Waals surface area (Å²) in [6.07, 6.45) is 0.896. The van der Waals surface area contributed by atoms with Crippen LogP contribution in [-0.4, -0.2) is 12.2 Å². The minimum atomic E-state index is 0.448. The number of rotatable bonds is 2. The van der Waals surface area contributed by atoms with E-state index in [2.05, 4.69) is 48.5 Å². The minimum absolute atomic E-state index is 0.448. The second kappa shape index (κ2) is 4.86. The van der Waals surface area contributed by atoms with Crippen LogP contribution >= 0.6 is 0 Å². The molecule has 0 saturated carbocycles. The molecule has 1 rings (SSSR count). The molecule has 1 saturated heterocycles. The second-order valence-electron chi connectivity index (χ2n) is 6.13. The Bertz CT molecular complexity index is 178. The van der Waals surface area contributed by atoms with Gasteiger partial charge in [0.05, 0.1) is 12.2 Å². The van der Waals surface area contributed by atoms with Gasteiger partial charge in [-0.05, 0) is 29.6 Å². The van der Waals surface area contributed by atoms with E-state index >= 15 is 0 Å².